The third-order valence-corrected chi connectivity index (χ3v) is 3.33. The molecule has 25 heavy (non-hydrogen) atoms. The van der Waals surface area contributed by atoms with Gasteiger partial charge in [0.1, 0.15) is 18.0 Å². The van der Waals surface area contributed by atoms with Gasteiger partial charge in [0.25, 0.3) is 0 Å². The SMILES string of the molecule is FC(F)(F)c1cccc(CNc2cc(Nc3cccnc3)ncn2)c1. The second kappa shape index (κ2) is 7.16. The van der Waals surface area contributed by atoms with Gasteiger partial charge in [0, 0.05) is 18.8 Å². The summed E-state index contributed by atoms with van der Waals surface area (Å²) < 4.78 is 38.2. The van der Waals surface area contributed by atoms with E-state index in [1.165, 1.54) is 12.4 Å². The van der Waals surface area contributed by atoms with E-state index >= 15 is 0 Å². The van der Waals surface area contributed by atoms with Gasteiger partial charge in [-0.15, -0.1) is 0 Å². The quantitative estimate of drug-likeness (QED) is 0.724. The average Bonchev–Trinajstić information content (AvgIpc) is 2.61. The van der Waals surface area contributed by atoms with Crippen LogP contribution in [0.2, 0.25) is 0 Å². The number of hydrogen-bond donors (Lipinski definition) is 2. The average molecular weight is 345 g/mol. The van der Waals surface area contributed by atoms with Crippen LogP contribution in [-0.4, -0.2) is 15.0 Å². The molecule has 3 rings (SSSR count). The molecule has 0 spiro atoms. The lowest BCUT2D eigenvalue weighted by molar-refractivity contribution is -0.137. The van der Waals surface area contributed by atoms with Crippen molar-refractivity contribution in [2.45, 2.75) is 12.7 Å². The first kappa shape index (κ1) is 16.7. The highest BCUT2D eigenvalue weighted by atomic mass is 19.4. The Morgan fingerprint density at radius 1 is 0.960 bits per heavy atom. The molecule has 0 saturated heterocycles. The monoisotopic (exact) mass is 345 g/mol. The number of anilines is 3. The van der Waals surface area contributed by atoms with Gasteiger partial charge in [-0.25, -0.2) is 9.97 Å². The first-order valence-corrected chi connectivity index (χ1v) is 7.40. The summed E-state index contributed by atoms with van der Waals surface area (Å²) in [5.74, 6) is 1.05. The van der Waals surface area contributed by atoms with Gasteiger partial charge < -0.3 is 10.6 Å². The second-order valence-electron chi connectivity index (χ2n) is 5.21. The first-order valence-electron chi connectivity index (χ1n) is 7.40. The molecule has 1 aromatic carbocycles. The summed E-state index contributed by atoms with van der Waals surface area (Å²) in [4.78, 5) is 12.2. The van der Waals surface area contributed by atoms with E-state index in [4.69, 9.17) is 0 Å². The molecule has 2 aromatic heterocycles. The molecular formula is C17H14F3N5. The molecule has 0 aliphatic heterocycles. The van der Waals surface area contributed by atoms with Crippen LogP contribution in [0.5, 0.6) is 0 Å². The van der Waals surface area contributed by atoms with E-state index in [0.717, 1.165) is 17.8 Å². The zero-order chi connectivity index (χ0) is 17.7. The predicted octanol–water partition coefficient (Wildman–Crippen LogP) is 4.25. The lowest BCUT2D eigenvalue weighted by atomic mass is 10.1. The summed E-state index contributed by atoms with van der Waals surface area (Å²) in [6, 6.07) is 10.5. The fourth-order valence-electron chi connectivity index (χ4n) is 2.16. The smallest absolute Gasteiger partial charge is 0.366 e. The van der Waals surface area contributed by atoms with Gasteiger partial charge in [0.2, 0.25) is 0 Å². The van der Waals surface area contributed by atoms with Crippen LogP contribution < -0.4 is 10.6 Å². The molecule has 0 aliphatic carbocycles. The Hall–Kier alpha value is -3.16. The Bertz CT molecular complexity index is 837. The first-order chi connectivity index (χ1) is 12.0. The number of pyridine rings is 1. The van der Waals surface area contributed by atoms with Crippen LogP contribution >= 0.6 is 0 Å². The van der Waals surface area contributed by atoms with Crippen molar-refractivity contribution in [1.29, 1.82) is 0 Å². The molecule has 2 heterocycles. The highest BCUT2D eigenvalue weighted by Gasteiger charge is 2.30. The Kier molecular flexibility index (Phi) is 4.78. The number of benzene rings is 1. The molecule has 128 valence electrons. The number of rotatable bonds is 5. The van der Waals surface area contributed by atoms with Crippen molar-refractivity contribution in [3.8, 4) is 0 Å². The van der Waals surface area contributed by atoms with Crippen LogP contribution in [0.1, 0.15) is 11.1 Å². The van der Waals surface area contributed by atoms with Gasteiger partial charge in [-0.1, -0.05) is 12.1 Å². The van der Waals surface area contributed by atoms with E-state index in [-0.39, 0.29) is 6.54 Å². The lowest BCUT2D eigenvalue weighted by Gasteiger charge is -2.10. The molecule has 3 aromatic rings. The van der Waals surface area contributed by atoms with Crippen LogP contribution in [0, 0.1) is 0 Å². The van der Waals surface area contributed by atoms with Crippen molar-refractivity contribution < 1.29 is 13.2 Å². The molecule has 0 aliphatic rings. The number of halogens is 3. The third-order valence-electron chi connectivity index (χ3n) is 3.33. The molecule has 0 unspecified atom stereocenters. The highest BCUT2D eigenvalue weighted by molar-refractivity contribution is 5.57. The maximum Gasteiger partial charge on any atom is 0.416 e. The number of aromatic nitrogens is 3. The molecule has 0 atom stereocenters. The lowest BCUT2D eigenvalue weighted by Crippen LogP contribution is -2.07. The Labute approximate surface area is 142 Å². The van der Waals surface area contributed by atoms with E-state index in [9.17, 15) is 13.2 Å². The number of nitrogens with one attached hydrogen (secondary N) is 2. The molecule has 8 heteroatoms. The van der Waals surface area contributed by atoms with E-state index in [1.54, 1.807) is 30.6 Å². The van der Waals surface area contributed by atoms with Crippen LogP contribution in [0.3, 0.4) is 0 Å². The molecule has 0 saturated carbocycles. The second-order valence-corrected chi connectivity index (χ2v) is 5.21. The molecule has 5 nitrogen and oxygen atoms in total. The van der Waals surface area contributed by atoms with Crippen molar-refractivity contribution in [2.24, 2.45) is 0 Å². The number of alkyl halides is 3. The van der Waals surface area contributed by atoms with Crippen LogP contribution in [0.15, 0.2) is 61.2 Å². The fraction of sp³-hybridized carbons (Fsp3) is 0.118. The van der Waals surface area contributed by atoms with E-state index in [1.807, 2.05) is 6.07 Å². The summed E-state index contributed by atoms with van der Waals surface area (Å²) in [5, 5.41) is 6.06. The molecule has 0 radical (unpaired) electrons. The minimum atomic E-state index is -4.36. The number of hydrogen-bond acceptors (Lipinski definition) is 5. The van der Waals surface area contributed by atoms with E-state index in [0.29, 0.717) is 17.2 Å². The van der Waals surface area contributed by atoms with Crippen LogP contribution in [0.4, 0.5) is 30.5 Å². The Morgan fingerprint density at radius 2 is 1.80 bits per heavy atom. The molecule has 0 amide bonds. The Balaban J connectivity index is 1.67. The fourth-order valence-corrected chi connectivity index (χ4v) is 2.16. The third kappa shape index (κ3) is 4.66. The summed E-state index contributed by atoms with van der Waals surface area (Å²) in [6.45, 7) is 0.216. The Morgan fingerprint density at radius 3 is 2.56 bits per heavy atom. The summed E-state index contributed by atoms with van der Waals surface area (Å²) in [7, 11) is 0. The van der Waals surface area contributed by atoms with Crippen molar-refractivity contribution in [3.05, 3.63) is 72.3 Å². The summed E-state index contributed by atoms with van der Waals surface area (Å²) in [5.41, 5.74) is 0.605. The van der Waals surface area contributed by atoms with Gasteiger partial charge in [-0.2, -0.15) is 13.2 Å². The van der Waals surface area contributed by atoms with Crippen LogP contribution in [0.25, 0.3) is 0 Å². The zero-order valence-electron chi connectivity index (χ0n) is 13.0. The van der Waals surface area contributed by atoms with Gasteiger partial charge in [-0.3, -0.25) is 4.98 Å². The maximum atomic E-state index is 12.7. The molecule has 2 N–H and O–H groups in total. The van der Waals surface area contributed by atoms with Crippen molar-refractivity contribution >= 4 is 17.3 Å². The molecule has 0 fully saturated rings. The maximum absolute atomic E-state index is 12.7. The van der Waals surface area contributed by atoms with Crippen LogP contribution in [-0.2, 0) is 12.7 Å². The van der Waals surface area contributed by atoms with Crippen molar-refractivity contribution in [3.63, 3.8) is 0 Å². The zero-order valence-corrected chi connectivity index (χ0v) is 13.0. The largest absolute Gasteiger partial charge is 0.416 e. The number of nitrogens with zero attached hydrogens (tertiary/aromatic N) is 3. The highest BCUT2D eigenvalue weighted by Crippen LogP contribution is 2.29. The summed E-state index contributed by atoms with van der Waals surface area (Å²) >= 11 is 0. The molecular weight excluding hydrogens is 331 g/mol. The van der Waals surface area contributed by atoms with Crippen molar-refractivity contribution in [2.75, 3.05) is 10.6 Å². The normalized spacial score (nSPS) is 11.2. The summed E-state index contributed by atoms with van der Waals surface area (Å²) in [6.07, 6.45) is 0.323. The van der Waals surface area contributed by atoms with E-state index in [2.05, 4.69) is 25.6 Å². The van der Waals surface area contributed by atoms with Gasteiger partial charge in [0.15, 0.2) is 0 Å². The van der Waals surface area contributed by atoms with Gasteiger partial charge >= 0.3 is 6.18 Å². The minimum absolute atomic E-state index is 0.216. The van der Waals surface area contributed by atoms with Crippen molar-refractivity contribution in [1.82, 2.24) is 15.0 Å². The minimum Gasteiger partial charge on any atom is -0.366 e. The van der Waals surface area contributed by atoms with Gasteiger partial charge in [-0.05, 0) is 29.8 Å². The predicted molar refractivity (Wildman–Crippen MR) is 88.3 cm³/mol. The molecule has 0 bridgehead atoms. The van der Waals surface area contributed by atoms with E-state index < -0.39 is 11.7 Å². The standard InChI is InChI=1S/C17H14F3N5/c18-17(19,20)13-4-1-3-12(7-13)9-22-15-8-16(24-11-23-15)25-14-5-2-6-21-10-14/h1-8,10-11H,9H2,(H2,22,23,24,25). The topological polar surface area (TPSA) is 62.7 Å². The van der Waals surface area contributed by atoms with Gasteiger partial charge in [0.05, 0.1) is 17.4 Å².